The van der Waals surface area contributed by atoms with Crippen molar-refractivity contribution in [1.29, 1.82) is 0 Å². The smallest absolute Gasteiger partial charge is 0.342 e. The Kier molecular flexibility index (Phi) is 4.50. The molecule has 0 saturated carbocycles. The van der Waals surface area contributed by atoms with Crippen LogP contribution in [0.2, 0.25) is 0 Å². The highest BCUT2D eigenvalue weighted by Crippen LogP contribution is 2.26. The summed E-state index contributed by atoms with van der Waals surface area (Å²) in [5.74, 6) is -0.368. The molecule has 1 unspecified atom stereocenters. The number of benzene rings is 1. The van der Waals surface area contributed by atoms with Gasteiger partial charge in [-0.3, -0.25) is 0 Å². The molecule has 1 atom stereocenters. The van der Waals surface area contributed by atoms with E-state index < -0.39 is 5.60 Å². The fraction of sp³-hybridized carbons (Fsp3) is 0.462. The zero-order valence-electron chi connectivity index (χ0n) is 10.0. The minimum Gasteiger partial charge on any atom is -0.467 e. The highest BCUT2D eigenvalue weighted by molar-refractivity contribution is 5.80. The Morgan fingerprint density at radius 3 is 2.44 bits per heavy atom. The molecule has 88 valence electrons. The molecule has 16 heavy (non-hydrogen) atoms. The quantitative estimate of drug-likeness (QED) is 0.718. The van der Waals surface area contributed by atoms with Gasteiger partial charge in [0.15, 0.2) is 5.60 Å². The second-order valence-corrected chi connectivity index (χ2v) is 3.74. The fourth-order valence-corrected chi connectivity index (χ4v) is 1.52. The van der Waals surface area contributed by atoms with Gasteiger partial charge in [-0.25, -0.2) is 4.79 Å². The van der Waals surface area contributed by atoms with Gasteiger partial charge >= 0.3 is 5.97 Å². The molecule has 0 amide bonds. The number of ether oxygens (including phenoxy) is 2. The van der Waals surface area contributed by atoms with Crippen LogP contribution >= 0.6 is 0 Å². The van der Waals surface area contributed by atoms with E-state index in [1.807, 2.05) is 37.3 Å². The Balaban J connectivity index is 2.99. The average molecular weight is 222 g/mol. The molecule has 0 heterocycles. The van der Waals surface area contributed by atoms with E-state index in [4.69, 9.17) is 9.47 Å². The van der Waals surface area contributed by atoms with Crippen molar-refractivity contribution >= 4 is 5.97 Å². The number of esters is 1. The van der Waals surface area contributed by atoms with Crippen LogP contribution < -0.4 is 0 Å². The first kappa shape index (κ1) is 12.7. The molecule has 0 bridgehead atoms. The van der Waals surface area contributed by atoms with Crippen LogP contribution in [0.4, 0.5) is 0 Å². The van der Waals surface area contributed by atoms with Crippen molar-refractivity contribution in [1.82, 2.24) is 0 Å². The van der Waals surface area contributed by atoms with Gasteiger partial charge in [0.25, 0.3) is 0 Å². The van der Waals surface area contributed by atoms with Gasteiger partial charge < -0.3 is 9.47 Å². The predicted octanol–water partition coefficient (Wildman–Crippen LogP) is 2.50. The number of hydrogen-bond donors (Lipinski definition) is 0. The predicted molar refractivity (Wildman–Crippen MR) is 62.1 cm³/mol. The first-order valence-electron chi connectivity index (χ1n) is 5.43. The van der Waals surface area contributed by atoms with E-state index in [0.717, 1.165) is 12.0 Å². The molecule has 1 aromatic rings. The maximum absolute atomic E-state index is 11.8. The number of hydrogen-bond acceptors (Lipinski definition) is 3. The molecular weight excluding hydrogens is 204 g/mol. The molecule has 0 fully saturated rings. The Hall–Kier alpha value is -1.35. The Morgan fingerprint density at radius 2 is 1.94 bits per heavy atom. The van der Waals surface area contributed by atoms with E-state index in [2.05, 4.69) is 0 Å². The number of carbonyl (C=O) groups excluding carboxylic acids is 1. The van der Waals surface area contributed by atoms with Gasteiger partial charge in [-0.2, -0.15) is 0 Å². The van der Waals surface area contributed by atoms with Gasteiger partial charge in [0.05, 0.1) is 7.11 Å². The monoisotopic (exact) mass is 222 g/mol. The third-order valence-corrected chi connectivity index (χ3v) is 2.49. The summed E-state index contributed by atoms with van der Waals surface area (Å²) in [6, 6.07) is 9.40. The lowest BCUT2D eigenvalue weighted by Gasteiger charge is -2.27. The lowest BCUT2D eigenvalue weighted by atomic mass is 9.96. The topological polar surface area (TPSA) is 35.5 Å². The van der Waals surface area contributed by atoms with E-state index in [0.29, 0.717) is 6.61 Å². The van der Waals surface area contributed by atoms with Crippen LogP contribution in [-0.2, 0) is 19.9 Å². The lowest BCUT2D eigenvalue weighted by Crippen LogP contribution is -2.37. The first-order chi connectivity index (χ1) is 7.65. The minimum atomic E-state index is -1.01. The van der Waals surface area contributed by atoms with Crippen LogP contribution in [0.5, 0.6) is 0 Å². The summed E-state index contributed by atoms with van der Waals surface area (Å²) in [6.07, 6.45) is 0.861. The van der Waals surface area contributed by atoms with Gasteiger partial charge in [0, 0.05) is 6.61 Å². The largest absolute Gasteiger partial charge is 0.467 e. The molecule has 0 aliphatic heterocycles. The van der Waals surface area contributed by atoms with Crippen LogP contribution in [-0.4, -0.2) is 19.7 Å². The van der Waals surface area contributed by atoms with Crippen molar-refractivity contribution < 1.29 is 14.3 Å². The summed E-state index contributed by atoms with van der Waals surface area (Å²) >= 11 is 0. The molecule has 0 aliphatic rings. The molecule has 0 aromatic heterocycles. The SMILES string of the molecule is CCCOC(C)(C(=O)OC)c1ccccc1. The first-order valence-corrected chi connectivity index (χ1v) is 5.43. The van der Waals surface area contributed by atoms with Crippen LogP contribution in [0.1, 0.15) is 25.8 Å². The fourth-order valence-electron chi connectivity index (χ4n) is 1.52. The molecule has 1 rings (SSSR count). The molecular formula is C13H18O3. The highest BCUT2D eigenvalue weighted by atomic mass is 16.6. The highest BCUT2D eigenvalue weighted by Gasteiger charge is 2.37. The summed E-state index contributed by atoms with van der Waals surface area (Å²) in [7, 11) is 1.37. The van der Waals surface area contributed by atoms with Crippen LogP contribution in [0.25, 0.3) is 0 Å². The third-order valence-electron chi connectivity index (χ3n) is 2.49. The number of rotatable bonds is 5. The van der Waals surface area contributed by atoms with Crippen molar-refractivity contribution in [3.8, 4) is 0 Å². The van der Waals surface area contributed by atoms with Crippen molar-refractivity contribution in [3.05, 3.63) is 35.9 Å². The molecule has 0 spiro atoms. The van der Waals surface area contributed by atoms with E-state index in [1.54, 1.807) is 6.92 Å². The lowest BCUT2D eigenvalue weighted by molar-refractivity contribution is -0.169. The normalized spacial score (nSPS) is 14.2. The zero-order valence-corrected chi connectivity index (χ0v) is 10.0. The maximum atomic E-state index is 11.8. The number of methoxy groups -OCH3 is 1. The zero-order chi connectivity index (χ0) is 12.0. The van der Waals surface area contributed by atoms with Crippen LogP contribution in [0.3, 0.4) is 0 Å². The average Bonchev–Trinajstić information content (AvgIpc) is 2.36. The molecule has 0 N–H and O–H groups in total. The van der Waals surface area contributed by atoms with E-state index in [9.17, 15) is 4.79 Å². The van der Waals surface area contributed by atoms with E-state index >= 15 is 0 Å². The second kappa shape index (κ2) is 5.66. The van der Waals surface area contributed by atoms with Crippen molar-refractivity contribution in [2.24, 2.45) is 0 Å². The number of carbonyl (C=O) groups is 1. The summed E-state index contributed by atoms with van der Waals surface area (Å²) in [6.45, 7) is 4.27. The summed E-state index contributed by atoms with van der Waals surface area (Å²) in [4.78, 5) is 11.8. The molecule has 0 saturated heterocycles. The van der Waals surface area contributed by atoms with Gasteiger partial charge in [0.2, 0.25) is 0 Å². The van der Waals surface area contributed by atoms with Gasteiger partial charge in [-0.15, -0.1) is 0 Å². The second-order valence-electron chi connectivity index (χ2n) is 3.74. The minimum absolute atomic E-state index is 0.368. The van der Waals surface area contributed by atoms with Crippen molar-refractivity contribution in [3.63, 3.8) is 0 Å². The van der Waals surface area contributed by atoms with Gasteiger partial charge in [-0.1, -0.05) is 37.3 Å². The third kappa shape index (κ3) is 2.61. The Labute approximate surface area is 96.4 Å². The van der Waals surface area contributed by atoms with Crippen LogP contribution in [0.15, 0.2) is 30.3 Å². The summed E-state index contributed by atoms with van der Waals surface area (Å²) in [5.41, 5.74) is -0.193. The molecule has 3 nitrogen and oxygen atoms in total. The molecule has 0 aliphatic carbocycles. The Morgan fingerprint density at radius 1 is 1.31 bits per heavy atom. The van der Waals surface area contributed by atoms with E-state index in [1.165, 1.54) is 7.11 Å². The molecule has 0 radical (unpaired) electrons. The summed E-state index contributed by atoms with van der Waals surface area (Å²) < 4.78 is 10.4. The van der Waals surface area contributed by atoms with Crippen molar-refractivity contribution in [2.45, 2.75) is 25.9 Å². The maximum Gasteiger partial charge on any atom is 0.342 e. The van der Waals surface area contributed by atoms with E-state index in [-0.39, 0.29) is 5.97 Å². The molecule has 1 aromatic carbocycles. The molecule has 3 heteroatoms. The summed E-state index contributed by atoms with van der Waals surface area (Å²) in [5, 5.41) is 0. The Bertz CT molecular complexity index is 334. The van der Waals surface area contributed by atoms with Gasteiger partial charge in [0.1, 0.15) is 0 Å². The van der Waals surface area contributed by atoms with Crippen LogP contribution in [0, 0.1) is 0 Å². The standard InChI is InChI=1S/C13H18O3/c1-4-10-16-13(2,12(14)15-3)11-8-6-5-7-9-11/h5-9H,4,10H2,1-3H3. The van der Waals surface area contributed by atoms with Gasteiger partial charge in [-0.05, 0) is 18.9 Å². The van der Waals surface area contributed by atoms with Crippen molar-refractivity contribution in [2.75, 3.05) is 13.7 Å².